The molecule has 2 aromatic rings. The van der Waals surface area contributed by atoms with E-state index in [4.69, 9.17) is 0 Å². The minimum atomic E-state index is -0.237. The maximum absolute atomic E-state index is 14.9. The molecule has 2 aromatic heterocycles. The average molecular weight is 328 g/mol. The van der Waals surface area contributed by atoms with Crippen molar-refractivity contribution in [3.05, 3.63) is 36.3 Å². The smallest absolute Gasteiger partial charge is 0.222 e. The Balaban J connectivity index is 1.50. The van der Waals surface area contributed by atoms with Crippen LogP contribution < -0.4 is 10.2 Å². The van der Waals surface area contributed by atoms with Gasteiger partial charge in [0.1, 0.15) is 6.33 Å². The lowest BCUT2D eigenvalue weighted by atomic mass is 9.82. The topological polar surface area (TPSA) is 66.8 Å². The van der Waals surface area contributed by atoms with Gasteiger partial charge in [-0.25, -0.2) is 24.3 Å². The quantitative estimate of drug-likeness (QED) is 0.931. The lowest BCUT2D eigenvalue weighted by molar-refractivity contribution is 0.391. The van der Waals surface area contributed by atoms with Crippen molar-refractivity contribution in [2.75, 3.05) is 23.3 Å². The van der Waals surface area contributed by atoms with Crippen molar-refractivity contribution in [3.8, 4) is 0 Å². The molecule has 1 atom stereocenters. The molecule has 1 N–H and O–H groups in total. The summed E-state index contributed by atoms with van der Waals surface area (Å²) in [6, 6.07) is 1.97. The van der Waals surface area contributed by atoms with Gasteiger partial charge in [-0.1, -0.05) is 6.42 Å². The molecule has 6 nitrogen and oxygen atoms in total. The van der Waals surface area contributed by atoms with Gasteiger partial charge in [-0.15, -0.1) is 0 Å². The van der Waals surface area contributed by atoms with Gasteiger partial charge in [0.05, 0.1) is 5.69 Å². The van der Waals surface area contributed by atoms with Crippen molar-refractivity contribution >= 4 is 11.8 Å². The molecule has 0 bridgehead atoms. The van der Waals surface area contributed by atoms with Crippen molar-refractivity contribution in [2.24, 2.45) is 0 Å². The first kappa shape index (κ1) is 15.2. The number of hydrogen-bond donors (Lipinski definition) is 1. The molecule has 24 heavy (non-hydrogen) atoms. The summed E-state index contributed by atoms with van der Waals surface area (Å²) >= 11 is 0. The maximum Gasteiger partial charge on any atom is 0.222 e. The van der Waals surface area contributed by atoms with Crippen molar-refractivity contribution in [1.82, 2.24) is 19.9 Å². The number of hydrogen-bond acceptors (Lipinski definition) is 6. The molecule has 1 unspecified atom stereocenters. The number of nitrogens with zero attached hydrogens (tertiary/aromatic N) is 5. The molecule has 0 radical (unpaired) electrons. The third-order valence-electron chi connectivity index (χ3n) is 4.91. The van der Waals surface area contributed by atoms with E-state index < -0.39 is 0 Å². The van der Waals surface area contributed by atoms with Gasteiger partial charge in [0.25, 0.3) is 0 Å². The molecule has 0 aromatic carbocycles. The summed E-state index contributed by atoms with van der Waals surface area (Å²) in [5, 5.41) is 3.33. The molecule has 1 aliphatic carbocycles. The van der Waals surface area contributed by atoms with Crippen molar-refractivity contribution in [1.29, 1.82) is 0 Å². The van der Waals surface area contributed by atoms with Gasteiger partial charge in [-0.3, -0.25) is 0 Å². The van der Waals surface area contributed by atoms with Crippen LogP contribution in [0, 0.1) is 5.82 Å². The van der Waals surface area contributed by atoms with Crippen LogP contribution >= 0.6 is 0 Å². The molecular weight excluding hydrogens is 307 g/mol. The minimum Gasteiger partial charge on any atom is -0.352 e. The third kappa shape index (κ3) is 3.02. The Morgan fingerprint density at radius 3 is 2.62 bits per heavy atom. The molecule has 1 saturated heterocycles. The Morgan fingerprint density at radius 1 is 1.04 bits per heavy atom. The predicted octanol–water partition coefficient (Wildman–Crippen LogP) is 2.75. The molecule has 1 saturated carbocycles. The summed E-state index contributed by atoms with van der Waals surface area (Å²) in [5.74, 6) is 1.08. The molecule has 2 aliphatic rings. The van der Waals surface area contributed by atoms with Crippen molar-refractivity contribution < 1.29 is 4.39 Å². The molecule has 126 valence electrons. The van der Waals surface area contributed by atoms with E-state index >= 15 is 0 Å². The Hall–Kier alpha value is -2.31. The zero-order chi connectivity index (χ0) is 16.4. The van der Waals surface area contributed by atoms with Crippen molar-refractivity contribution in [2.45, 2.75) is 44.1 Å². The largest absolute Gasteiger partial charge is 0.352 e. The van der Waals surface area contributed by atoms with E-state index in [0.717, 1.165) is 38.6 Å². The first-order chi connectivity index (χ1) is 11.8. The first-order valence-electron chi connectivity index (χ1n) is 8.60. The molecular formula is C17H21FN6. The first-order valence-corrected chi connectivity index (χ1v) is 8.60. The van der Waals surface area contributed by atoms with Crippen LogP contribution in [0.1, 0.15) is 43.7 Å². The lowest BCUT2D eigenvalue weighted by Gasteiger charge is -2.34. The summed E-state index contributed by atoms with van der Waals surface area (Å²) in [6.07, 6.45) is 10.1. The average Bonchev–Trinajstić information content (AvgIpc) is 2.56. The van der Waals surface area contributed by atoms with Gasteiger partial charge in [0, 0.05) is 37.4 Å². The lowest BCUT2D eigenvalue weighted by Crippen LogP contribution is -2.43. The van der Waals surface area contributed by atoms with Crippen LogP contribution in [0.25, 0.3) is 0 Å². The number of aromatic nitrogens is 4. The zero-order valence-electron chi connectivity index (χ0n) is 13.5. The highest BCUT2D eigenvalue weighted by atomic mass is 19.1. The number of anilines is 2. The molecule has 4 rings (SSSR count). The second-order valence-electron chi connectivity index (χ2n) is 6.53. The van der Waals surface area contributed by atoms with Gasteiger partial charge in [-0.05, 0) is 31.7 Å². The third-order valence-corrected chi connectivity index (χ3v) is 4.91. The molecule has 2 fully saturated rings. The standard InChI is InChI=1S/C17H21FN6/c18-14-15(12-4-1-5-12)21-11-22-16(14)24-9-2-6-13(10-24)23-17-19-7-3-8-20-17/h3,7-8,11-13H,1-2,4-6,9-10H2,(H,19,20,23). The van der Waals surface area contributed by atoms with Crippen LogP contribution in [0.2, 0.25) is 0 Å². The zero-order valence-corrected chi connectivity index (χ0v) is 13.5. The summed E-state index contributed by atoms with van der Waals surface area (Å²) in [7, 11) is 0. The van der Waals surface area contributed by atoms with Crippen LogP contribution in [0.15, 0.2) is 24.8 Å². The Kier molecular flexibility index (Phi) is 4.23. The number of rotatable bonds is 4. The molecule has 3 heterocycles. The molecule has 1 aliphatic heterocycles. The summed E-state index contributed by atoms with van der Waals surface area (Å²) < 4.78 is 14.9. The minimum absolute atomic E-state index is 0.183. The summed E-state index contributed by atoms with van der Waals surface area (Å²) in [4.78, 5) is 18.8. The van der Waals surface area contributed by atoms with Crippen LogP contribution in [-0.4, -0.2) is 39.1 Å². The SMILES string of the molecule is Fc1c(C2CCC2)ncnc1N1CCCC(Nc2ncccn2)C1. The highest BCUT2D eigenvalue weighted by Crippen LogP contribution is 2.38. The van der Waals surface area contributed by atoms with Gasteiger partial charge in [-0.2, -0.15) is 0 Å². The monoisotopic (exact) mass is 328 g/mol. The van der Waals surface area contributed by atoms with Gasteiger partial charge < -0.3 is 10.2 Å². The normalized spacial score (nSPS) is 21.4. The van der Waals surface area contributed by atoms with Crippen LogP contribution in [0.5, 0.6) is 0 Å². The van der Waals surface area contributed by atoms with Gasteiger partial charge >= 0.3 is 0 Å². The highest BCUT2D eigenvalue weighted by Gasteiger charge is 2.29. The summed E-state index contributed by atoms with van der Waals surface area (Å²) in [5.41, 5.74) is 0.590. The Bertz CT molecular complexity index is 691. The fourth-order valence-electron chi connectivity index (χ4n) is 3.40. The van der Waals surface area contributed by atoms with E-state index in [-0.39, 0.29) is 17.8 Å². The Labute approximate surface area is 140 Å². The summed E-state index contributed by atoms with van der Waals surface area (Å²) in [6.45, 7) is 1.50. The van der Waals surface area contributed by atoms with Crippen molar-refractivity contribution in [3.63, 3.8) is 0 Å². The van der Waals surface area contributed by atoms with E-state index in [1.165, 1.54) is 6.33 Å². The molecule has 0 amide bonds. The predicted molar refractivity (Wildman–Crippen MR) is 89.5 cm³/mol. The molecule has 7 heteroatoms. The van der Waals surface area contributed by atoms with E-state index in [9.17, 15) is 4.39 Å². The van der Waals surface area contributed by atoms with E-state index in [1.807, 2.05) is 4.90 Å². The second kappa shape index (κ2) is 6.67. The second-order valence-corrected chi connectivity index (χ2v) is 6.53. The van der Waals surface area contributed by atoms with E-state index in [0.29, 0.717) is 24.0 Å². The van der Waals surface area contributed by atoms with E-state index in [1.54, 1.807) is 18.5 Å². The number of piperidine rings is 1. The highest BCUT2D eigenvalue weighted by molar-refractivity contribution is 5.43. The fourth-order valence-corrected chi connectivity index (χ4v) is 3.40. The Morgan fingerprint density at radius 2 is 1.88 bits per heavy atom. The fraction of sp³-hybridized carbons (Fsp3) is 0.529. The number of halogens is 1. The van der Waals surface area contributed by atoms with Gasteiger partial charge in [0.15, 0.2) is 11.6 Å². The molecule has 0 spiro atoms. The van der Waals surface area contributed by atoms with Crippen LogP contribution in [-0.2, 0) is 0 Å². The van der Waals surface area contributed by atoms with E-state index in [2.05, 4.69) is 25.3 Å². The number of nitrogens with one attached hydrogen (secondary N) is 1. The maximum atomic E-state index is 14.9. The van der Waals surface area contributed by atoms with Crippen LogP contribution in [0.3, 0.4) is 0 Å². The van der Waals surface area contributed by atoms with Crippen LogP contribution in [0.4, 0.5) is 16.2 Å². The van der Waals surface area contributed by atoms with Gasteiger partial charge in [0.2, 0.25) is 5.95 Å².